The Kier molecular flexibility index (Phi) is 5.21. The quantitative estimate of drug-likeness (QED) is 0.688. The van der Waals surface area contributed by atoms with Crippen molar-refractivity contribution in [2.45, 2.75) is 0 Å². The fourth-order valence-corrected chi connectivity index (χ4v) is 4.49. The predicted molar refractivity (Wildman–Crippen MR) is 108 cm³/mol. The van der Waals surface area contributed by atoms with E-state index < -0.39 is 0 Å². The second kappa shape index (κ2) is 7.75. The molecule has 0 unspecified atom stereocenters. The Morgan fingerprint density at radius 2 is 1.92 bits per heavy atom. The lowest BCUT2D eigenvalue weighted by molar-refractivity contribution is 0.102. The molecule has 0 bridgehead atoms. The van der Waals surface area contributed by atoms with Crippen molar-refractivity contribution < 1.29 is 9.53 Å². The number of amides is 1. The molecule has 3 heterocycles. The second-order valence-electron chi connectivity index (χ2n) is 5.74. The number of aromatic nitrogens is 1. The van der Waals surface area contributed by atoms with Gasteiger partial charge in [-0.15, -0.1) is 22.7 Å². The molecule has 0 radical (unpaired) electrons. The molecule has 2 aromatic heterocycles. The molecule has 26 heavy (non-hydrogen) atoms. The first-order valence-electron chi connectivity index (χ1n) is 8.14. The van der Waals surface area contributed by atoms with E-state index >= 15 is 0 Å². The van der Waals surface area contributed by atoms with E-state index in [1.165, 1.54) is 22.7 Å². The molecule has 1 N–H and O–H groups in total. The summed E-state index contributed by atoms with van der Waals surface area (Å²) < 4.78 is 6.09. The number of thiophene rings is 1. The van der Waals surface area contributed by atoms with Crippen molar-refractivity contribution in [3.63, 3.8) is 0 Å². The van der Waals surface area contributed by atoms with E-state index in [0.717, 1.165) is 46.9 Å². The molecule has 1 fully saturated rings. The number of halogens is 1. The summed E-state index contributed by atoms with van der Waals surface area (Å²) in [5.74, 6) is -0.163. The van der Waals surface area contributed by atoms with Crippen molar-refractivity contribution in [2.75, 3.05) is 36.5 Å². The van der Waals surface area contributed by atoms with Crippen LogP contribution in [0.4, 0.5) is 10.8 Å². The van der Waals surface area contributed by atoms with Gasteiger partial charge in [-0.2, -0.15) is 0 Å². The highest BCUT2D eigenvalue weighted by molar-refractivity contribution is 7.20. The number of anilines is 2. The normalized spacial score (nSPS) is 14.4. The molecule has 1 saturated heterocycles. The molecule has 8 heteroatoms. The minimum Gasteiger partial charge on any atom is -0.378 e. The first-order valence-corrected chi connectivity index (χ1v) is 10.2. The standard InChI is InChI=1S/C18H16ClN3O2S2/c19-16-6-5-15(26-16)14-11-25-18(20-14)21-17(23)12-1-3-13(4-2-12)22-7-9-24-10-8-22/h1-6,11H,7-10H2,(H,20,21,23). The molecule has 0 aliphatic carbocycles. The molecule has 0 spiro atoms. The van der Waals surface area contributed by atoms with Crippen molar-refractivity contribution in [3.05, 3.63) is 51.7 Å². The third-order valence-electron chi connectivity index (χ3n) is 4.06. The Labute approximate surface area is 164 Å². The third-order valence-corrected chi connectivity index (χ3v) is 6.07. The fraction of sp³-hybridized carbons (Fsp3) is 0.222. The largest absolute Gasteiger partial charge is 0.378 e. The minimum atomic E-state index is -0.163. The Balaban J connectivity index is 1.42. The molecule has 1 aromatic carbocycles. The number of ether oxygens (including phenoxy) is 1. The molecule has 134 valence electrons. The van der Waals surface area contributed by atoms with Gasteiger partial charge in [0, 0.05) is 29.7 Å². The van der Waals surface area contributed by atoms with Crippen LogP contribution >= 0.6 is 34.3 Å². The number of hydrogen-bond donors (Lipinski definition) is 1. The van der Waals surface area contributed by atoms with Gasteiger partial charge >= 0.3 is 0 Å². The summed E-state index contributed by atoms with van der Waals surface area (Å²) in [6.45, 7) is 3.23. The van der Waals surface area contributed by atoms with Crippen LogP contribution < -0.4 is 10.2 Å². The van der Waals surface area contributed by atoms with E-state index in [4.69, 9.17) is 16.3 Å². The van der Waals surface area contributed by atoms with E-state index in [1.807, 2.05) is 41.8 Å². The summed E-state index contributed by atoms with van der Waals surface area (Å²) in [5, 5.41) is 5.35. The molecule has 1 aliphatic rings. The zero-order valence-electron chi connectivity index (χ0n) is 13.8. The highest BCUT2D eigenvalue weighted by atomic mass is 35.5. The van der Waals surface area contributed by atoms with Gasteiger partial charge in [0.05, 0.1) is 28.1 Å². The third kappa shape index (κ3) is 3.91. The number of nitrogens with zero attached hydrogens (tertiary/aromatic N) is 2. The van der Waals surface area contributed by atoms with E-state index in [2.05, 4.69) is 15.2 Å². The van der Waals surface area contributed by atoms with Crippen LogP contribution in [0.15, 0.2) is 41.8 Å². The lowest BCUT2D eigenvalue weighted by Gasteiger charge is -2.28. The molecule has 5 nitrogen and oxygen atoms in total. The highest BCUT2D eigenvalue weighted by Crippen LogP contribution is 2.33. The zero-order valence-corrected chi connectivity index (χ0v) is 16.2. The summed E-state index contributed by atoms with van der Waals surface area (Å²) >= 11 is 8.83. The highest BCUT2D eigenvalue weighted by Gasteiger charge is 2.14. The van der Waals surface area contributed by atoms with Gasteiger partial charge in [-0.3, -0.25) is 10.1 Å². The van der Waals surface area contributed by atoms with E-state index in [9.17, 15) is 4.79 Å². The van der Waals surface area contributed by atoms with Crippen molar-refractivity contribution >= 4 is 51.0 Å². The Hall–Kier alpha value is -1.93. The summed E-state index contributed by atoms with van der Waals surface area (Å²) in [6, 6.07) is 11.4. The number of rotatable bonds is 4. The SMILES string of the molecule is O=C(Nc1nc(-c2ccc(Cl)s2)cs1)c1ccc(N2CCOCC2)cc1. The van der Waals surface area contributed by atoms with Gasteiger partial charge in [0.1, 0.15) is 0 Å². The van der Waals surface area contributed by atoms with Crippen molar-refractivity contribution in [1.82, 2.24) is 4.98 Å². The van der Waals surface area contributed by atoms with Gasteiger partial charge in [0.25, 0.3) is 5.91 Å². The summed E-state index contributed by atoms with van der Waals surface area (Å²) in [7, 11) is 0. The molecule has 3 aromatic rings. The smallest absolute Gasteiger partial charge is 0.257 e. The van der Waals surface area contributed by atoms with E-state index in [1.54, 1.807) is 0 Å². The number of nitrogens with one attached hydrogen (secondary N) is 1. The predicted octanol–water partition coefficient (Wildman–Crippen LogP) is 4.61. The molecule has 1 aliphatic heterocycles. The topological polar surface area (TPSA) is 54.5 Å². The fourth-order valence-electron chi connectivity index (χ4n) is 2.71. The van der Waals surface area contributed by atoms with Crippen LogP contribution in [-0.2, 0) is 4.74 Å². The van der Waals surface area contributed by atoms with Crippen LogP contribution in [0, 0.1) is 0 Å². The van der Waals surface area contributed by atoms with Crippen molar-refractivity contribution in [1.29, 1.82) is 0 Å². The average molecular weight is 406 g/mol. The van der Waals surface area contributed by atoms with Crippen LogP contribution in [0.2, 0.25) is 4.34 Å². The number of morpholine rings is 1. The number of benzene rings is 1. The molecule has 0 saturated carbocycles. The Morgan fingerprint density at radius 1 is 1.15 bits per heavy atom. The maximum Gasteiger partial charge on any atom is 0.257 e. The van der Waals surface area contributed by atoms with Gasteiger partial charge in [0.2, 0.25) is 0 Å². The number of thiazole rings is 1. The Bertz CT molecular complexity index is 901. The summed E-state index contributed by atoms with van der Waals surface area (Å²) in [5.41, 5.74) is 2.54. The van der Waals surface area contributed by atoms with Crippen molar-refractivity contribution in [2.24, 2.45) is 0 Å². The Morgan fingerprint density at radius 3 is 2.62 bits per heavy atom. The first kappa shape index (κ1) is 17.5. The number of hydrogen-bond acceptors (Lipinski definition) is 6. The van der Waals surface area contributed by atoms with Gasteiger partial charge in [-0.05, 0) is 36.4 Å². The maximum absolute atomic E-state index is 12.5. The van der Waals surface area contributed by atoms with Gasteiger partial charge in [-0.25, -0.2) is 4.98 Å². The summed E-state index contributed by atoms with van der Waals surface area (Å²) in [6.07, 6.45) is 0. The summed E-state index contributed by atoms with van der Waals surface area (Å²) in [4.78, 5) is 20.2. The van der Waals surface area contributed by atoms with Crippen LogP contribution in [0.3, 0.4) is 0 Å². The monoisotopic (exact) mass is 405 g/mol. The lowest BCUT2D eigenvalue weighted by atomic mass is 10.2. The van der Waals surface area contributed by atoms with Crippen LogP contribution in [0.5, 0.6) is 0 Å². The maximum atomic E-state index is 12.5. The molecular weight excluding hydrogens is 390 g/mol. The van der Waals surface area contributed by atoms with Gasteiger partial charge in [-0.1, -0.05) is 11.6 Å². The number of carbonyl (C=O) groups is 1. The molecular formula is C18H16ClN3O2S2. The van der Waals surface area contributed by atoms with Crippen LogP contribution in [-0.4, -0.2) is 37.2 Å². The van der Waals surface area contributed by atoms with Crippen LogP contribution in [0.1, 0.15) is 10.4 Å². The first-order chi connectivity index (χ1) is 12.7. The van der Waals surface area contributed by atoms with Gasteiger partial charge in [0.15, 0.2) is 5.13 Å². The van der Waals surface area contributed by atoms with E-state index in [-0.39, 0.29) is 5.91 Å². The molecule has 1 amide bonds. The van der Waals surface area contributed by atoms with Crippen LogP contribution in [0.25, 0.3) is 10.6 Å². The lowest BCUT2D eigenvalue weighted by Crippen LogP contribution is -2.36. The zero-order chi connectivity index (χ0) is 17.9. The van der Waals surface area contributed by atoms with Crippen molar-refractivity contribution in [3.8, 4) is 10.6 Å². The van der Waals surface area contributed by atoms with Gasteiger partial charge < -0.3 is 9.64 Å². The number of carbonyl (C=O) groups excluding carboxylic acids is 1. The average Bonchev–Trinajstić information content (AvgIpc) is 3.31. The second-order valence-corrected chi connectivity index (χ2v) is 8.32. The molecule has 4 rings (SSSR count). The molecule has 0 atom stereocenters. The van der Waals surface area contributed by atoms with E-state index in [0.29, 0.717) is 10.7 Å². The minimum absolute atomic E-state index is 0.163.